The summed E-state index contributed by atoms with van der Waals surface area (Å²) in [6.45, 7) is 2.50. The molecular formula is C9H15F2NO. The molecule has 0 spiro atoms. The minimum absolute atomic E-state index is 0.177. The standard InChI is InChI=1S/C9H15F2NO/c1-6(13-3)8-7(9(10)11)4-5-12(8)2/h6,8H,4-5H2,1-3H3. The van der Waals surface area contributed by atoms with Crippen molar-refractivity contribution in [3.63, 3.8) is 0 Å². The smallest absolute Gasteiger partial charge is 0.271 e. The predicted molar refractivity (Wildman–Crippen MR) is 46.7 cm³/mol. The van der Waals surface area contributed by atoms with Crippen molar-refractivity contribution in [2.75, 3.05) is 20.7 Å². The lowest BCUT2D eigenvalue weighted by Gasteiger charge is -2.25. The Labute approximate surface area is 77.2 Å². The van der Waals surface area contributed by atoms with Crippen LogP contribution in [-0.2, 0) is 4.74 Å². The molecular weight excluding hydrogens is 176 g/mol. The molecule has 0 aliphatic carbocycles. The minimum Gasteiger partial charge on any atom is -0.380 e. The maximum Gasteiger partial charge on any atom is 0.271 e. The molecule has 76 valence electrons. The van der Waals surface area contributed by atoms with E-state index in [2.05, 4.69) is 0 Å². The third-order valence-electron chi connectivity index (χ3n) is 2.62. The van der Waals surface area contributed by atoms with Crippen molar-refractivity contribution in [1.29, 1.82) is 0 Å². The van der Waals surface area contributed by atoms with Gasteiger partial charge < -0.3 is 4.74 Å². The molecule has 0 radical (unpaired) electrons. The van der Waals surface area contributed by atoms with E-state index in [1.165, 1.54) is 0 Å². The summed E-state index contributed by atoms with van der Waals surface area (Å²) >= 11 is 0. The fourth-order valence-electron chi connectivity index (χ4n) is 1.83. The van der Waals surface area contributed by atoms with Gasteiger partial charge in [0.25, 0.3) is 6.08 Å². The molecule has 2 atom stereocenters. The first-order valence-corrected chi connectivity index (χ1v) is 4.35. The van der Waals surface area contributed by atoms with E-state index in [4.69, 9.17) is 4.74 Å². The molecule has 0 aromatic carbocycles. The van der Waals surface area contributed by atoms with Crippen LogP contribution in [0.15, 0.2) is 11.7 Å². The molecule has 1 rings (SSSR count). The Bertz CT molecular complexity index is 214. The first-order chi connectivity index (χ1) is 6.07. The van der Waals surface area contributed by atoms with Crippen molar-refractivity contribution in [1.82, 2.24) is 4.90 Å². The quantitative estimate of drug-likeness (QED) is 0.660. The highest BCUT2D eigenvalue weighted by Crippen LogP contribution is 2.29. The van der Waals surface area contributed by atoms with E-state index in [1.807, 2.05) is 18.9 Å². The Kier molecular flexibility index (Phi) is 3.39. The largest absolute Gasteiger partial charge is 0.380 e. The van der Waals surface area contributed by atoms with Gasteiger partial charge >= 0.3 is 0 Å². The van der Waals surface area contributed by atoms with Crippen LogP contribution in [0.2, 0.25) is 0 Å². The molecule has 1 aliphatic rings. The van der Waals surface area contributed by atoms with Crippen molar-refractivity contribution in [3.05, 3.63) is 11.7 Å². The number of likely N-dealkylation sites (N-methyl/N-ethyl adjacent to an activating group) is 1. The predicted octanol–water partition coefficient (Wildman–Crippen LogP) is 1.88. The summed E-state index contributed by atoms with van der Waals surface area (Å²) in [4.78, 5) is 1.91. The molecule has 0 bridgehead atoms. The normalized spacial score (nSPS) is 26.5. The number of methoxy groups -OCH3 is 1. The van der Waals surface area contributed by atoms with E-state index in [0.29, 0.717) is 13.0 Å². The topological polar surface area (TPSA) is 12.5 Å². The third kappa shape index (κ3) is 2.06. The van der Waals surface area contributed by atoms with Crippen LogP contribution in [0.5, 0.6) is 0 Å². The van der Waals surface area contributed by atoms with Crippen molar-refractivity contribution in [2.45, 2.75) is 25.5 Å². The van der Waals surface area contributed by atoms with Gasteiger partial charge in [0.05, 0.1) is 12.1 Å². The van der Waals surface area contributed by atoms with Crippen LogP contribution in [0.1, 0.15) is 13.3 Å². The summed E-state index contributed by atoms with van der Waals surface area (Å²) in [5.74, 6) is 0. The SMILES string of the molecule is COC(C)C1C(=C(F)F)CCN1C. The number of hydrogen-bond acceptors (Lipinski definition) is 2. The average molecular weight is 191 g/mol. The van der Waals surface area contributed by atoms with Gasteiger partial charge in [-0.2, -0.15) is 8.78 Å². The van der Waals surface area contributed by atoms with E-state index in [9.17, 15) is 8.78 Å². The lowest BCUT2D eigenvalue weighted by Crippen LogP contribution is -2.36. The lowest BCUT2D eigenvalue weighted by atomic mass is 10.1. The average Bonchev–Trinajstić information content (AvgIpc) is 2.46. The van der Waals surface area contributed by atoms with Crippen LogP contribution in [0.25, 0.3) is 0 Å². The Balaban J connectivity index is 2.84. The van der Waals surface area contributed by atoms with Gasteiger partial charge in [-0.15, -0.1) is 0 Å². The van der Waals surface area contributed by atoms with Gasteiger partial charge in [-0.05, 0) is 20.4 Å². The van der Waals surface area contributed by atoms with Crippen LogP contribution in [0.3, 0.4) is 0 Å². The second-order valence-electron chi connectivity index (χ2n) is 3.40. The van der Waals surface area contributed by atoms with E-state index >= 15 is 0 Å². The number of halogens is 2. The van der Waals surface area contributed by atoms with Crippen molar-refractivity contribution >= 4 is 0 Å². The van der Waals surface area contributed by atoms with Crippen LogP contribution in [0, 0.1) is 0 Å². The number of nitrogens with zero attached hydrogens (tertiary/aromatic N) is 1. The number of ether oxygens (including phenoxy) is 1. The monoisotopic (exact) mass is 191 g/mol. The van der Waals surface area contributed by atoms with Gasteiger partial charge in [0.1, 0.15) is 0 Å². The lowest BCUT2D eigenvalue weighted by molar-refractivity contribution is 0.0629. The van der Waals surface area contributed by atoms with Crippen molar-refractivity contribution < 1.29 is 13.5 Å². The molecule has 13 heavy (non-hydrogen) atoms. The Morgan fingerprint density at radius 1 is 1.62 bits per heavy atom. The molecule has 4 heteroatoms. The molecule has 1 saturated heterocycles. The summed E-state index contributed by atoms with van der Waals surface area (Å²) in [5, 5.41) is 0. The fourth-order valence-corrected chi connectivity index (χ4v) is 1.83. The van der Waals surface area contributed by atoms with Crippen molar-refractivity contribution in [3.8, 4) is 0 Å². The van der Waals surface area contributed by atoms with Gasteiger partial charge in [-0.3, -0.25) is 4.90 Å². The second kappa shape index (κ2) is 4.15. The first kappa shape index (κ1) is 10.6. The molecule has 1 aliphatic heterocycles. The van der Waals surface area contributed by atoms with E-state index < -0.39 is 6.08 Å². The molecule has 1 fully saturated rings. The Morgan fingerprint density at radius 3 is 2.69 bits per heavy atom. The molecule has 2 nitrogen and oxygen atoms in total. The van der Waals surface area contributed by atoms with Crippen molar-refractivity contribution in [2.24, 2.45) is 0 Å². The molecule has 0 amide bonds. The van der Waals surface area contributed by atoms with Gasteiger partial charge in [0, 0.05) is 19.2 Å². The van der Waals surface area contributed by atoms with Gasteiger partial charge in [0.2, 0.25) is 0 Å². The van der Waals surface area contributed by atoms with Crippen LogP contribution in [-0.4, -0.2) is 37.7 Å². The Morgan fingerprint density at radius 2 is 2.23 bits per heavy atom. The van der Waals surface area contributed by atoms with Crippen LogP contribution in [0.4, 0.5) is 8.78 Å². The summed E-state index contributed by atoms with van der Waals surface area (Å²) in [6, 6.07) is -0.255. The number of rotatable bonds is 2. The second-order valence-corrected chi connectivity index (χ2v) is 3.40. The zero-order chi connectivity index (χ0) is 10.0. The van der Waals surface area contributed by atoms with Gasteiger partial charge in [-0.1, -0.05) is 0 Å². The van der Waals surface area contributed by atoms with Crippen LogP contribution < -0.4 is 0 Å². The van der Waals surface area contributed by atoms with Crippen LogP contribution >= 0.6 is 0 Å². The number of hydrogen-bond donors (Lipinski definition) is 0. The highest BCUT2D eigenvalue weighted by atomic mass is 19.3. The summed E-state index contributed by atoms with van der Waals surface area (Å²) in [7, 11) is 3.39. The molecule has 2 unspecified atom stereocenters. The summed E-state index contributed by atoms with van der Waals surface area (Å²) in [6.07, 6.45) is -1.26. The number of likely N-dealkylation sites (tertiary alicyclic amines) is 1. The molecule has 0 N–H and O–H groups in total. The maximum absolute atomic E-state index is 12.5. The van der Waals surface area contributed by atoms with Gasteiger partial charge in [-0.25, -0.2) is 0 Å². The molecule has 0 aromatic rings. The zero-order valence-electron chi connectivity index (χ0n) is 8.18. The fraction of sp³-hybridized carbons (Fsp3) is 0.778. The minimum atomic E-state index is -1.54. The summed E-state index contributed by atoms with van der Waals surface area (Å²) < 4.78 is 30.0. The van der Waals surface area contributed by atoms with E-state index in [0.717, 1.165) is 0 Å². The van der Waals surface area contributed by atoms with E-state index in [1.54, 1.807) is 7.11 Å². The Hall–Kier alpha value is -0.480. The summed E-state index contributed by atoms with van der Waals surface area (Å²) in [5.41, 5.74) is 0.233. The van der Waals surface area contributed by atoms with Gasteiger partial charge in [0.15, 0.2) is 0 Å². The first-order valence-electron chi connectivity index (χ1n) is 4.35. The maximum atomic E-state index is 12.5. The molecule has 1 heterocycles. The molecule has 0 saturated carbocycles. The molecule has 0 aromatic heterocycles. The third-order valence-corrected chi connectivity index (χ3v) is 2.62. The highest BCUT2D eigenvalue weighted by molar-refractivity contribution is 5.18. The zero-order valence-corrected chi connectivity index (χ0v) is 8.18. The highest BCUT2D eigenvalue weighted by Gasteiger charge is 2.33. The van der Waals surface area contributed by atoms with E-state index in [-0.39, 0.29) is 17.7 Å².